The molecular weight excluding hydrogens is 342 g/mol. The van der Waals surface area contributed by atoms with E-state index in [-0.39, 0.29) is 17.0 Å². The lowest BCUT2D eigenvalue weighted by atomic mass is 10.2. The van der Waals surface area contributed by atoms with Crippen molar-refractivity contribution < 1.29 is 24.0 Å². The highest BCUT2D eigenvalue weighted by atomic mass is 16.6. The standard InChI is InChI=1S/C17H17N3O6/c1-11(26-13-9-7-12(8-10-13)20(23)24)16(21)18-19-17(22)14-5-3-4-6-15(14)25-2/h3-11H,1-2H3,(H,18,21)(H,19,22). The summed E-state index contributed by atoms with van der Waals surface area (Å²) in [6.07, 6.45) is -0.936. The van der Waals surface area contributed by atoms with Gasteiger partial charge in [0.05, 0.1) is 17.6 Å². The topological polar surface area (TPSA) is 120 Å². The molecule has 0 heterocycles. The molecule has 9 nitrogen and oxygen atoms in total. The number of non-ortho nitro benzene ring substituents is 1. The molecule has 0 radical (unpaired) electrons. The molecule has 0 spiro atoms. The first-order valence-electron chi connectivity index (χ1n) is 7.56. The Morgan fingerprint density at radius 1 is 1.08 bits per heavy atom. The van der Waals surface area contributed by atoms with E-state index in [0.29, 0.717) is 5.75 Å². The Hall–Kier alpha value is -3.62. The second-order valence-corrected chi connectivity index (χ2v) is 5.15. The van der Waals surface area contributed by atoms with Gasteiger partial charge in [-0.05, 0) is 31.2 Å². The summed E-state index contributed by atoms with van der Waals surface area (Å²) in [6.45, 7) is 1.48. The zero-order chi connectivity index (χ0) is 19.1. The van der Waals surface area contributed by atoms with Gasteiger partial charge >= 0.3 is 0 Å². The van der Waals surface area contributed by atoms with Crippen molar-refractivity contribution in [3.8, 4) is 11.5 Å². The Balaban J connectivity index is 1.90. The predicted octanol–water partition coefficient (Wildman–Crippen LogP) is 1.83. The fourth-order valence-corrected chi connectivity index (χ4v) is 2.02. The fraction of sp³-hybridized carbons (Fsp3) is 0.176. The van der Waals surface area contributed by atoms with Gasteiger partial charge in [-0.15, -0.1) is 0 Å². The summed E-state index contributed by atoms with van der Waals surface area (Å²) >= 11 is 0. The minimum absolute atomic E-state index is 0.0847. The maximum Gasteiger partial charge on any atom is 0.279 e. The largest absolute Gasteiger partial charge is 0.496 e. The van der Waals surface area contributed by atoms with Crippen LogP contribution in [0.4, 0.5) is 5.69 Å². The SMILES string of the molecule is COc1ccccc1C(=O)NNC(=O)C(C)Oc1ccc([N+](=O)[O-])cc1. The highest BCUT2D eigenvalue weighted by Crippen LogP contribution is 2.18. The molecule has 2 aromatic rings. The average Bonchev–Trinajstić information content (AvgIpc) is 2.66. The van der Waals surface area contributed by atoms with Crippen LogP contribution >= 0.6 is 0 Å². The van der Waals surface area contributed by atoms with Crippen LogP contribution in [0.1, 0.15) is 17.3 Å². The smallest absolute Gasteiger partial charge is 0.279 e. The van der Waals surface area contributed by atoms with Gasteiger partial charge in [0.15, 0.2) is 6.10 Å². The van der Waals surface area contributed by atoms with Crippen LogP contribution in [0.2, 0.25) is 0 Å². The van der Waals surface area contributed by atoms with Crippen LogP contribution in [0, 0.1) is 10.1 Å². The molecule has 0 aliphatic rings. The molecule has 2 aromatic carbocycles. The Morgan fingerprint density at radius 3 is 2.35 bits per heavy atom. The van der Waals surface area contributed by atoms with E-state index >= 15 is 0 Å². The van der Waals surface area contributed by atoms with Crippen molar-refractivity contribution in [3.63, 3.8) is 0 Å². The Bertz CT molecular complexity index is 806. The number of hydrogen-bond acceptors (Lipinski definition) is 6. The van der Waals surface area contributed by atoms with Crippen molar-refractivity contribution in [2.75, 3.05) is 7.11 Å². The van der Waals surface area contributed by atoms with Crippen LogP contribution < -0.4 is 20.3 Å². The van der Waals surface area contributed by atoms with Crippen molar-refractivity contribution in [1.29, 1.82) is 0 Å². The predicted molar refractivity (Wildman–Crippen MR) is 91.8 cm³/mol. The molecule has 1 atom stereocenters. The number of benzene rings is 2. The highest BCUT2D eigenvalue weighted by Gasteiger charge is 2.17. The zero-order valence-corrected chi connectivity index (χ0v) is 14.1. The lowest BCUT2D eigenvalue weighted by Crippen LogP contribution is -2.47. The van der Waals surface area contributed by atoms with Crippen molar-refractivity contribution in [2.45, 2.75) is 13.0 Å². The van der Waals surface area contributed by atoms with E-state index in [4.69, 9.17) is 9.47 Å². The van der Waals surface area contributed by atoms with Crippen LogP contribution in [0.15, 0.2) is 48.5 Å². The first-order chi connectivity index (χ1) is 12.4. The maximum absolute atomic E-state index is 12.1. The maximum atomic E-state index is 12.1. The average molecular weight is 359 g/mol. The van der Waals surface area contributed by atoms with Crippen LogP contribution in [0.5, 0.6) is 11.5 Å². The third-order valence-electron chi connectivity index (χ3n) is 3.38. The van der Waals surface area contributed by atoms with E-state index < -0.39 is 22.8 Å². The van der Waals surface area contributed by atoms with Crippen molar-refractivity contribution in [3.05, 3.63) is 64.2 Å². The Labute approximate surface area is 149 Å². The summed E-state index contributed by atoms with van der Waals surface area (Å²) in [5.41, 5.74) is 4.71. The molecule has 26 heavy (non-hydrogen) atoms. The lowest BCUT2D eigenvalue weighted by molar-refractivity contribution is -0.384. The molecule has 2 rings (SSSR count). The summed E-state index contributed by atoms with van der Waals surface area (Å²) in [5, 5.41) is 10.6. The van der Waals surface area contributed by atoms with Crippen LogP contribution in [0.3, 0.4) is 0 Å². The molecule has 0 bridgehead atoms. The van der Waals surface area contributed by atoms with E-state index in [1.165, 1.54) is 38.3 Å². The first-order valence-corrected chi connectivity index (χ1v) is 7.56. The zero-order valence-electron chi connectivity index (χ0n) is 14.1. The number of rotatable bonds is 6. The number of ether oxygens (including phenoxy) is 2. The van der Waals surface area contributed by atoms with Gasteiger partial charge in [-0.1, -0.05) is 12.1 Å². The van der Waals surface area contributed by atoms with Crippen molar-refractivity contribution in [2.24, 2.45) is 0 Å². The van der Waals surface area contributed by atoms with Gasteiger partial charge in [-0.25, -0.2) is 0 Å². The van der Waals surface area contributed by atoms with Crippen molar-refractivity contribution in [1.82, 2.24) is 10.9 Å². The van der Waals surface area contributed by atoms with Gasteiger partial charge in [0.25, 0.3) is 17.5 Å². The number of nitro benzene ring substituents is 1. The van der Waals surface area contributed by atoms with Crippen LogP contribution in [0.25, 0.3) is 0 Å². The van der Waals surface area contributed by atoms with E-state index in [0.717, 1.165) is 0 Å². The minimum atomic E-state index is -0.936. The first kappa shape index (κ1) is 18.7. The molecule has 9 heteroatoms. The molecule has 0 fully saturated rings. The number of hydrazine groups is 1. The summed E-state index contributed by atoms with van der Waals surface area (Å²) in [7, 11) is 1.44. The summed E-state index contributed by atoms with van der Waals surface area (Å²) in [6, 6.07) is 11.9. The third kappa shape index (κ3) is 4.69. The van der Waals surface area contributed by atoms with Gasteiger partial charge in [0, 0.05) is 12.1 Å². The highest BCUT2D eigenvalue weighted by molar-refractivity contribution is 5.98. The van der Waals surface area contributed by atoms with E-state index in [1.807, 2.05) is 0 Å². The van der Waals surface area contributed by atoms with Gasteiger partial charge in [0.1, 0.15) is 11.5 Å². The molecule has 0 saturated carbocycles. The number of hydrogen-bond donors (Lipinski definition) is 2. The summed E-state index contributed by atoms with van der Waals surface area (Å²) in [4.78, 5) is 34.2. The summed E-state index contributed by atoms with van der Waals surface area (Å²) in [5.74, 6) is -0.478. The van der Waals surface area contributed by atoms with Crippen molar-refractivity contribution >= 4 is 17.5 Å². The second-order valence-electron chi connectivity index (χ2n) is 5.15. The molecule has 2 amide bonds. The quantitative estimate of drug-likeness (QED) is 0.600. The number of para-hydroxylation sites is 1. The van der Waals surface area contributed by atoms with Gasteiger partial charge in [0.2, 0.25) is 0 Å². The number of methoxy groups -OCH3 is 1. The molecule has 136 valence electrons. The van der Waals surface area contributed by atoms with Gasteiger partial charge < -0.3 is 9.47 Å². The summed E-state index contributed by atoms with van der Waals surface area (Å²) < 4.78 is 10.5. The molecule has 0 aliphatic heterocycles. The Morgan fingerprint density at radius 2 is 1.73 bits per heavy atom. The third-order valence-corrected chi connectivity index (χ3v) is 3.38. The number of nitro groups is 1. The molecule has 0 aromatic heterocycles. The van der Waals surface area contributed by atoms with Crippen LogP contribution in [-0.4, -0.2) is 30.0 Å². The number of carbonyl (C=O) groups excluding carboxylic acids is 2. The van der Waals surface area contributed by atoms with E-state index in [2.05, 4.69) is 10.9 Å². The fourth-order valence-electron chi connectivity index (χ4n) is 2.02. The molecule has 2 N–H and O–H groups in total. The monoisotopic (exact) mass is 359 g/mol. The normalized spacial score (nSPS) is 11.2. The van der Waals surface area contributed by atoms with E-state index in [1.54, 1.807) is 24.3 Å². The van der Waals surface area contributed by atoms with Crippen LogP contribution in [-0.2, 0) is 4.79 Å². The van der Waals surface area contributed by atoms with Gasteiger partial charge in [-0.3, -0.25) is 30.6 Å². The molecular formula is C17H17N3O6. The Kier molecular flexibility index (Phi) is 6.10. The number of nitrogens with zero attached hydrogens (tertiary/aromatic N) is 1. The number of carbonyl (C=O) groups is 2. The van der Waals surface area contributed by atoms with E-state index in [9.17, 15) is 19.7 Å². The second kappa shape index (κ2) is 8.47. The molecule has 0 saturated heterocycles. The molecule has 1 unspecified atom stereocenters. The number of nitrogens with one attached hydrogen (secondary N) is 2. The minimum Gasteiger partial charge on any atom is -0.496 e. The molecule has 0 aliphatic carbocycles. The van der Waals surface area contributed by atoms with Gasteiger partial charge in [-0.2, -0.15) is 0 Å². The number of amides is 2. The lowest BCUT2D eigenvalue weighted by Gasteiger charge is -2.15.